The maximum absolute atomic E-state index is 13.2. The zero-order chi connectivity index (χ0) is 21.7. The summed E-state index contributed by atoms with van der Waals surface area (Å²) in [6.07, 6.45) is 3.32. The first-order valence-electron chi connectivity index (χ1n) is 9.71. The Bertz CT molecular complexity index is 901. The molecular formula is C22H29N3O4. The third-order valence-corrected chi connectivity index (χ3v) is 5.00. The van der Waals surface area contributed by atoms with Crippen molar-refractivity contribution >= 4 is 17.7 Å². The van der Waals surface area contributed by atoms with Crippen LogP contribution >= 0.6 is 0 Å². The minimum atomic E-state index is -0.474. The number of carbonyl (C=O) groups is 3. The predicted octanol–water partition coefficient (Wildman–Crippen LogP) is 3.17. The summed E-state index contributed by atoms with van der Waals surface area (Å²) in [5.41, 5.74) is 3.05. The predicted molar refractivity (Wildman–Crippen MR) is 110 cm³/mol. The van der Waals surface area contributed by atoms with E-state index in [1.54, 1.807) is 28.8 Å². The fourth-order valence-electron chi connectivity index (χ4n) is 3.60. The summed E-state index contributed by atoms with van der Waals surface area (Å²) in [6, 6.07) is 3.65. The molecule has 2 aromatic rings. The number of pyridine rings is 1. The first-order chi connectivity index (χ1) is 13.7. The summed E-state index contributed by atoms with van der Waals surface area (Å²) < 4.78 is 6.68. The number of carbonyl (C=O) groups excluding carboxylic acids is 3. The molecule has 0 saturated heterocycles. The molecule has 0 bridgehead atoms. The second-order valence-electron chi connectivity index (χ2n) is 7.30. The quantitative estimate of drug-likeness (QED) is 0.503. The number of nitrogens with zero attached hydrogens (tertiary/aromatic N) is 3. The molecule has 0 radical (unpaired) electrons. The van der Waals surface area contributed by atoms with Crippen molar-refractivity contribution in [1.29, 1.82) is 0 Å². The first kappa shape index (κ1) is 22.3. The van der Waals surface area contributed by atoms with Gasteiger partial charge in [-0.2, -0.15) is 0 Å². The zero-order valence-electron chi connectivity index (χ0n) is 18.0. The summed E-state index contributed by atoms with van der Waals surface area (Å²) in [6.45, 7) is 9.89. The fraction of sp³-hybridized carbons (Fsp3) is 0.455. The van der Waals surface area contributed by atoms with Gasteiger partial charge in [-0.25, -0.2) is 4.79 Å². The van der Waals surface area contributed by atoms with Crippen molar-refractivity contribution in [3.63, 3.8) is 0 Å². The Kier molecular flexibility index (Phi) is 7.31. The van der Waals surface area contributed by atoms with Crippen molar-refractivity contribution in [2.24, 2.45) is 5.92 Å². The Morgan fingerprint density at radius 3 is 2.31 bits per heavy atom. The topological polar surface area (TPSA) is 81.5 Å². The van der Waals surface area contributed by atoms with Gasteiger partial charge in [-0.05, 0) is 44.0 Å². The van der Waals surface area contributed by atoms with Gasteiger partial charge < -0.3 is 14.2 Å². The lowest BCUT2D eigenvalue weighted by Crippen LogP contribution is -2.38. The van der Waals surface area contributed by atoms with Gasteiger partial charge in [0.15, 0.2) is 5.78 Å². The Morgan fingerprint density at radius 2 is 1.79 bits per heavy atom. The second-order valence-corrected chi connectivity index (χ2v) is 7.30. The molecule has 0 unspecified atom stereocenters. The molecule has 0 aliphatic heterocycles. The van der Waals surface area contributed by atoms with Gasteiger partial charge in [-0.1, -0.05) is 13.8 Å². The molecule has 1 amide bonds. The van der Waals surface area contributed by atoms with E-state index in [2.05, 4.69) is 4.98 Å². The van der Waals surface area contributed by atoms with Crippen molar-refractivity contribution < 1.29 is 19.1 Å². The average molecular weight is 399 g/mol. The number of methoxy groups -OCH3 is 1. The summed E-state index contributed by atoms with van der Waals surface area (Å²) in [5.74, 6) is -1.01. The first-order valence-corrected chi connectivity index (χ1v) is 9.71. The maximum Gasteiger partial charge on any atom is 0.354 e. The SMILES string of the molecule is CCn1c(C)c(C(=O)CN(Cc2ccncc2)C(=O)C(C)C)c(C)c1C(=O)OC. The van der Waals surface area contributed by atoms with Gasteiger partial charge in [0.25, 0.3) is 0 Å². The van der Waals surface area contributed by atoms with E-state index in [0.717, 1.165) is 5.56 Å². The molecule has 0 aromatic carbocycles. The lowest BCUT2D eigenvalue weighted by molar-refractivity contribution is -0.134. The number of ether oxygens (including phenoxy) is 1. The van der Waals surface area contributed by atoms with Crippen molar-refractivity contribution in [3.8, 4) is 0 Å². The van der Waals surface area contributed by atoms with Crippen LogP contribution in [-0.4, -0.2) is 45.8 Å². The molecule has 0 aliphatic rings. The lowest BCUT2D eigenvalue weighted by atomic mass is 10.0. The number of hydrogen-bond acceptors (Lipinski definition) is 5. The van der Waals surface area contributed by atoms with Crippen molar-refractivity contribution in [2.75, 3.05) is 13.7 Å². The molecule has 7 nitrogen and oxygen atoms in total. The van der Waals surface area contributed by atoms with Crippen LogP contribution in [0.3, 0.4) is 0 Å². The molecule has 156 valence electrons. The molecule has 2 rings (SSSR count). The second kappa shape index (κ2) is 9.49. The molecule has 0 fully saturated rings. The molecule has 0 N–H and O–H groups in total. The van der Waals surface area contributed by atoms with Gasteiger partial charge in [-0.15, -0.1) is 0 Å². The van der Waals surface area contributed by atoms with Crippen LogP contribution in [0.15, 0.2) is 24.5 Å². The molecule has 7 heteroatoms. The number of amides is 1. The number of ketones is 1. The molecule has 29 heavy (non-hydrogen) atoms. The molecule has 0 saturated carbocycles. The fourth-order valence-corrected chi connectivity index (χ4v) is 3.60. The van der Waals surface area contributed by atoms with Crippen LogP contribution in [-0.2, 0) is 22.6 Å². The highest BCUT2D eigenvalue weighted by Crippen LogP contribution is 2.24. The largest absolute Gasteiger partial charge is 0.464 e. The Labute approximate surface area is 171 Å². The van der Waals surface area contributed by atoms with Crippen molar-refractivity contribution in [1.82, 2.24) is 14.5 Å². The third kappa shape index (κ3) is 4.72. The van der Waals surface area contributed by atoms with Gasteiger partial charge in [0, 0.05) is 42.7 Å². The van der Waals surface area contributed by atoms with Crippen molar-refractivity contribution in [2.45, 2.75) is 47.7 Å². The summed E-state index contributed by atoms with van der Waals surface area (Å²) in [7, 11) is 1.32. The minimum absolute atomic E-state index is 0.0602. The van der Waals surface area contributed by atoms with Crippen LogP contribution in [0.5, 0.6) is 0 Å². The van der Waals surface area contributed by atoms with Gasteiger partial charge in [-0.3, -0.25) is 14.6 Å². The Morgan fingerprint density at radius 1 is 1.17 bits per heavy atom. The number of hydrogen-bond donors (Lipinski definition) is 0. The van der Waals surface area contributed by atoms with Gasteiger partial charge in [0.05, 0.1) is 13.7 Å². The third-order valence-electron chi connectivity index (χ3n) is 5.00. The Balaban J connectivity index is 2.40. The van der Waals surface area contributed by atoms with E-state index in [1.165, 1.54) is 7.11 Å². The zero-order valence-corrected chi connectivity index (χ0v) is 18.0. The van der Waals surface area contributed by atoms with E-state index in [1.807, 2.05) is 39.8 Å². The van der Waals surface area contributed by atoms with Gasteiger partial charge >= 0.3 is 5.97 Å². The number of aromatic nitrogens is 2. The van der Waals surface area contributed by atoms with E-state index >= 15 is 0 Å². The Hall–Kier alpha value is -2.96. The number of Topliss-reactive ketones (excluding diaryl/α,β-unsaturated/α-hetero) is 1. The minimum Gasteiger partial charge on any atom is -0.464 e. The van der Waals surface area contributed by atoms with Crippen LogP contribution in [0, 0.1) is 19.8 Å². The average Bonchev–Trinajstić information content (AvgIpc) is 2.96. The molecule has 2 heterocycles. The van der Waals surface area contributed by atoms with Crippen LogP contribution in [0.2, 0.25) is 0 Å². The maximum atomic E-state index is 13.2. The van der Waals surface area contributed by atoms with E-state index in [0.29, 0.717) is 35.6 Å². The van der Waals surface area contributed by atoms with E-state index < -0.39 is 5.97 Å². The summed E-state index contributed by atoms with van der Waals surface area (Å²) >= 11 is 0. The standard InChI is InChI=1S/C22H29N3O4/c1-7-25-16(5)19(15(4)20(25)22(28)29-6)18(26)13-24(21(27)14(2)3)12-17-8-10-23-11-9-17/h8-11,14H,7,12-13H2,1-6H3. The highest BCUT2D eigenvalue weighted by molar-refractivity contribution is 6.04. The van der Waals surface area contributed by atoms with Crippen molar-refractivity contribution in [3.05, 3.63) is 52.6 Å². The van der Waals surface area contributed by atoms with Gasteiger partial charge in [0.2, 0.25) is 5.91 Å². The van der Waals surface area contributed by atoms with Crippen LogP contribution in [0.1, 0.15) is 58.4 Å². The van der Waals surface area contributed by atoms with E-state index in [-0.39, 0.29) is 24.2 Å². The number of esters is 1. The van der Waals surface area contributed by atoms with Crippen LogP contribution in [0.4, 0.5) is 0 Å². The molecule has 0 spiro atoms. The molecular weight excluding hydrogens is 370 g/mol. The van der Waals surface area contributed by atoms with Gasteiger partial charge in [0.1, 0.15) is 5.69 Å². The van der Waals surface area contributed by atoms with Crippen LogP contribution in [0.25, 0.3) is 0 Å². The van der Waals surface area contributed by atoms with Crippen LogP contribution < -0.4 is 0 Å². The molecule has 0 aliphatic carbocycles. The summed E-state index contributed by atoms with van der Waals surface area (Å²) in [5, 5.41) is 0. The monoisotopic (exact) mass is 399 g/mol. The lowest BCUT2D eigenvalue weighted by Gasteiger charge is -2.24. The molecule has 2 aromatic heterocycles. The highest BCUT2D eigenvalue weighted by Gasteiger charge is 2.28. The van der Waals surface area contributed by atoms with E-state index in [9.17, 15) is 14.4 Å². The normalized spacial score (nSPS) is 10.9. The van der Waals surface area contributed by atoms with E-state index in [4.69, 9.17) is 4.74 Å². The number of rotatable bonds is 8. The smallest absolute Gasteiger partial charge is 0.354 e. The molecule has 0 atom stereocenters. The highest BCUT2D eigenvalue weighted by atomic mass is 16.5. The summed E-state index contributed by atoms with van der Waals surface area (Å²) in [4.78, 5) is 43.8.